The van der Waals surface area contributed by atoms with Crippen LogP contribution in [0, 0.1) is 10.1 Å². The lowest BCUT2D eigenvalue weighted by molar-refractivity contribution is -0.384. The lowest BCUT2D eigenvalue weighted by Gasteiger charge is -2.06. The molecule has 104 valence electrons. The van der Waals surface area contributed by atoms with Crippen molar-refractivity contribution in [3.63, 3.8) is 0 Å². The summed E-state index contributed by atoms with van der Waals surface area (Å²) >= 11 is 0. The molecule has 0 spiro atoms. The Labute approximate surface area is 114 Å². The Morgan fingerprint density at radius 2 is 2.30 bits per heavy atom. The fraction of sp³-hybridized carbons (Fsp3) is 0.167. The van der Waals surface area contributed by atoms with Gasteiger partial charge in [-0.05, 0) is 12.1 Å². The number of aromatic nitrogens is 2. The number of aryl methyl sites for hydroxylation is 1. The molecule has 0 unspecified atom stereocenters. The van der Waals surface area contributed by atoms with Crippen LogP contribution in [0.4, 0.5) is 11.4 Å². The van der Waals surface area contributed by atoms with Gasteiger partial charge in [-0.2, -0.15) is 5.10 Å². The number of rotatable bonds is 5. The lowest BCUT2D eigenvalue weighted by atomic mass is 10.1. The molecule has 20 heavy (non-hydrogen) atoms. The van der Waals surface area contributed by atoms with Crippen LogP contribution in [0.15, 0.2) is 30.6 Å². The second-order valence-corrected chi connectivity index (χ2v) is 4.23. The van der Waals surface area contributed by atoms with Crippen LogP contribution in [0.5, 0.6) is 0 Å². The number of nitro benzene ring substituents is 1. The largest absolute Gasteiger partial charge is 0.375 e. The van der Waals surface area contributed by atoms with Crippen LogP contribution in [0.2, 0.25) is 0 Å². The molecule has 1 amide bonds. The molecule has 1 heterocycles. The summed E-state index contributed by atoms with van der Waals surface area (Å²) in [5.41, 5.74) is 6.23. The van der Waals surface area contributed by atoms with Crippen LogP contribution in [0.3, 0.4) is 0 Å². The standard InChI is InChI=1S/C12H13N5O3/c1-16-7-8(6-15-16)5-14-10-3-2-9(12(13)18)4-11(10)17(19)20/h2-4,6-7,14H,5H2,1H3,(H2,13,18). The van der Waals surface area contributed by atoms with Crippen LogP contribution < -0.4 is 11.1 Å². The fourth-order valence-corrected chi connectivity index (χ4v) is 1.75. The van der Waals surface area contributed by atoms with E-state index in [4.69, 9.17) is 5.73 Å². The molecule has 3 N–H and O–H groups in total. The Bertz CT molecular complexity index is 665. The Kier molecular flexibility index (Phi) is 3.65. The molecule has 8 nitrogen and oxygen atoms in total. The topological polar surface area (TPSA) is 116 Å². The maximum atomic E-state index is 11.0. The lowest BCUT2D eigenvalue weighted by Crippen LogP contribution is -2.12. The first-order valence-electron chi connectivity index (χ1n) is 5.77. The van der Waals surface area contributed by atoms with Crippen LogP contribution in [-0.2, 0) is 13.6 Å². The summed E-state index contributed by atoms with van der Waals surface area (Å²) in [5, 5.41) is 18.0. The Morgan fingerprint density at radius 3 is 2.85 bits per heavy atom. The number of carbonyl (C=O) groups is 1. The first-order chi connectivity index (χ1) is 9.47. The molecule has 0 aliphatic carbocycles. The summed E-state index contributed by atoms with van der Waals surface area (Å²) < 4.78 is 1.64. The van der Waals surface area contributed by atoms with E-state index < -0.39 is 10.8 Å². The second-order valence-electron chi connectivity index (χ2n) is 4.23. The third-order valence-corrected chi connectivity index (χ3v) is 2.72. The minimum atomic E-state index is -0.702. The van der Waals surface area contributed by atoms with Crippen molar-refractivity contribution in [1.82, 2.24) is 9.78 Å². The predicted molar refractivity (Wildman–Crippen MR) is 72.1 cm³/mol. The molecule has 0 fully saturated rings. The maximum absolute atomic E-state index is 11.0. The number of hydrogen-bond acceptors (Lipinski definition) is 5. The van der Waals surface area contributed by atoms with Gasteiger partial charge in [0.25, 0.3) is 5.69 Å². The van der Waals surface area contributed by atoms with Gasteiger partial charge in [0.05, 0.1) is 11.1 Å². The number of anilines is 1. The normalized spacial score (nSPS) is 10.2. The first-order valence-corrected chi connectivity index (χ1v) is 5.77. The Balaban J connectivity index is 2.22. The van der Waals surface area contributed by atoms with Crippen molar-refractivity contribution in [3.8, 4) is 0 Å². The summed E-state index contributed by atoms with van der Waals surface area (Å²) in [6.45, 7) is 0.393. The fourth-order valence-electron chi connectivity index (χ4n) is 1.75. The molecule has 1 aromatic carbocycles. The summed E-state index contributed by atoms with van der Waals surface area (Å²) in [4.78, 5) is 21.5. The third-order valence-electron chi connectivity index (χ3n) is 2.72. The van der Waals surface area contributed by atoms with Gasteiger partial charge in [0.2, 0.25) is 5.91 Å². The third kappa shape index (κ3) is 2.91. The molecule has 1 aromatic heterocycles. The van der Waals surface area contributed by atoms with Gasteiger partial charge < -0.3 is 11.1 Å². The van der Waals surface area contributed by atoms with Gasteiger partial charge in [-0.3, -0.25) is 19.6 Å². The van der Waals surface area contributed by atoms with E-state index in [1.807, 2.05) is 0 Å². The number of nitrogens with two attached hydrogens (primary N) is 1. The van der Waals surface area contributed by atoms with Gasteiger partial charge in [-0.15, -0.1) is 0 Å². The van der Waals surface area contributed by atoms with Crippen molar-refractivity contribution in [2.24, 2.45) is 12.8 Å². The maximum Gasteiger partial charge on any atom is 0.293 e. The highest BCUT2D eigenvalue weighted by Crippen LogP contribution is 2.25. The Hall–Kier alpha value is -2.90. The van der Waals surface area contributed by atoms with Gasteiger partial charge in [0, 0.05) is 37.0 Å². The zero-order valence-corrected chi connectivity index (χ0v) is 10.7. The molecule has 2 aromatic rings. The van der Waals surface area contributed by atoms with E-state index in [2.05, 4.69) is 10.4 Å². The van der Waals surface area contributed by atoms with E-state index in [0.29, 0.717) is 12.2 Å². The molecular weight excluding hydrogens is 262 g/mol. The van der Waals surface area contributed by atoms with Gasteiger partial charge in [0.1, 0.15) is 5.69 Å². The van der Waals surface area contributed by atoms with Crippen molar-refractivity contribution in [2.75, 3.05) is 5.32 Å². The van der Waals surface area contributed by atoms with E-state index in [9.17, 15) is 14.9 Å². The van der Waals surface area contributed by atoms with Crippen LogP contribution in [-0.4, -0.2) is 20.6 Å². The summed E-state index contributed by atoms with van der Waals surface area (Å²) in [5.74, 6) is -0.702. The zero-order valence-electron chi connectivity index (χ0n) is 10.7. The van der Waals surface area contributed by atoms with Crippen LogP contribution in [0.25, 0.3) is 0 Å². The number of nitrogens with zero attached hydrogens (tertiary/aromatic N) is 3. The van der Waals surface area contributed by atoms with E-state index in [1.54, 1.807) is 24.1 Å². The molecular formula is C12H13N5O3. The van der Waals surface area contributed by atoms with Gasteiger partial charge in [-0.1, -0.05) is 0 Å². The smallest absolute Gasteiger partial charge is 0.293 e. The average molecular weight is 275 g/mol. The van der Waals surface area contributed by atoms with Crippen molar-refractivity contribution in [2.45, 2.75) is 6.54 Å². The van der Waals surface area contributed by atoms with Crippen molar-refractivity contribution in [3.05, 3.63) is 51.8 Å². The number of benzene rings is 1. The number of nitro groups is 1. The molecule has 2 rings (SSSR count). The number of primary amides is 1. The highest BCUT2D eigenvalue weighted by atomic mass is 16.6. The number of amides is 1. The van der Waals surface area contributed by atoms with E-state index in [1.165, 1.54) is 12.1 Å². The van der Waals surface area contributed by atoms with Crippen molar-refractivity contribution in [1.29, 1.82) is 0 Å². The summed E-state index contributed by atoms with van der Waals surface area (Å²) in [6.07, 6.45) is 3.47. The molecule has 0 radical (unpaired) electrons. The summed E-state index contributed by atoms with van der Waals surface area (Å²) in [7, 11) is 1.79. The molecule has 0 saturated carbocycles. The van der Waals surface area contributed by atoms with Crippen molar-refractivity contribution >= 4 is 17.3 Å². The van der Waals surface area contributed by atoms with Gasteiger partial charge in [-0.25, -0.2) is 0 Å². The quantitative estimate of drug-likeness (QED) is 0.624. The molecule has 8 heteroatoms. The highest BCUT2D eigenvalue weighted by Gasteiger charge is 2.16. The monoisotopic (exact) mass is 275 g/mol. The number of nitrogens with one attached hydrogen (secondary N) is 1. The Morgan fingerprint density at radius 1 is 1.55 bits per heavy atom. The molecule has 0 atom stereocenters. The molecule has 0 aliphatic rings. The highest BCUT2D eigenvalue weighted by molar-refractivity contribution is 5.94. The number of carbonyl (C=O) groups excluding carboxylic acids is 1. The van der Waals surface area contributed by atoms with Gasteiger partial charge >= 0.3 is 0 Å². The minimum Gasteiger partial charge on any atom is -0.375 e. The van der Waals surface area contributed by atoms with Crippen LogP contribution in [0.1, 0.15) is 15.9 Å². The second kappa shape index (κ2) is 5.39. The minimum absolute atomic E-state index is 0.101. The van der Waals surface area contributed by atoms with Crippen molar-refractivity contribution < 1.29 is 9.72 Å². The van der Waals surface area contributed by atoms with Crippen LogP contribution >= 0.6 is 0 Å². The number of hydrogen-bond donors (Lipinski definition) is 2. The molecule has 0 bridgehead atoms. The van der Waals surface area contributed by atoms with Gasteiger partial charge in [0.15, 0.2) is 0 Å². The average Bonchev–Trinajstić information content (AvgIpc) is 2.81. The predicted octanol–water partition coefficient (Wildman–Crippen LogP) is 1.04. The zero-order chi connectivity index (χ0) is 14.7. The van der Waals surface area contributed by atoms with E-state index >= 15 is 0 Å². The van der Waals surface area contributed by atoms with E-state index in [-0.39, 0.29) is 11.3 Å². The summed E-state index contributed by atoms with van der Waals surface area (Å²) in [6, 6.07) is 4.07. The molecule has 0 aliphatic heterocycles. The van der Waals surface area contributed by atoms with E-state index in [0.717, 1.165) is 11.6 Å². The molecule has 0 saturated heterocycles. The first kappa shape index (κ1) is 13.5. The SMILES string of the molecule is Cn1cc(CNc2ccc(C(N)=O)cc2[N+](=O)[O-])cn1.